The van der Waals surface area contributed by atoms with Crippen molar-refractivity contribution < 1.29 is 23.9 Å². The second kappa shape index (κ2) is 10.6. The van der Waals surface area contributed by atoms with E-state index in [1.165, 1.54) is 4.90 Å². The Morgan fingerprint density at radius 1 is 1.10 bits per heavy atom. The number of primary amides is 1. The van der Waals surface area contributed by atoms with Crippen molar-refractivity contribution in [3.8, 4) is 0 Å². The van der Waals surface area contributed by atoms with Crippen LogP contribution < -0.4 is 16.4 Å². The maximum absolute atomic E-state index is 13.2. The molecule has 1 saturated heterocycles. The molecule has 0 spiro atoms. The molecule has 4 amide bonds. The van der Waals surface area contributed by atoms with Gasteiger partial charge in [-0.05, 0) is 45.4 Å². The lowest BCUT2D eigenvalue weighted by molar-refractivity contribution is -0.141. The van der Waals surface area contributed by atoms with E-state index in [0.29, 0.717) is 25.8 Å². The summed E-state index contributed by atoms with van der Waals surface area (Å²) in [5.41, 5.74) is 4.76. The minimum atomic E-state index is -0.824. The molecular formula is C21H38N4O5. The molecule has 30 heavy (non-hydrogen) atoms. The first-order valence-electron chi connectivity index (χ1n) is 10.7. The summed E-state index contributed by atoms with van der Waals surface area (Å²) >= 11 is 0. The zero-order chi connectivity index (χ0) is 23.2. The van der Waals surface area contributed by atoms with Gasteiger partial charge in [0, 0.05) is 6.54 Å². The molecule has 0 aromatic rings. The van der Waals surface area contributed by atoms with E-state index in [2.05, 4.69) is 10.6 Å². The first-order chi connectivity index (χ1) is 13.8. The number of carbonyl (C=O) groups excluding carboxylic acids is 4. The molecule has 0 bridgehead atoms. The number of likely N-dealkylation sites (tertiary alicyclic amines) is 1. The Hall–Kier alpha value is -2.32. The molecule has 9 heteroatoms. The predicted molar refractivity (Wildman–Crippen MR) is 113 cm³/mol. The van der Waals surface area contributed by atoms with Gasteiger partial charge >= 0.3 is 6.09 Å². The molecule has 0 radical (unpaired) electrons. The highest BCUT2D eigenvalue weighted by Gasteiger charge is 2.40. The fourth-order valence-corrected chi connectivity index (χ4v) is 3.41. The molecule has 0 aromatic carbocycles. The number of hydrogen-bond acceptors (Lipinski definition) is 5. The summed E-state index contributed by atoms with van der Waals surface area (Å²) in [6, 6.07) is -2.32. The Bertz CT molecular complexity index is 644. The van der Waals surface area contributed by atoms with Crippen LogP contribution in [0.4, 0.5) is 4.79 Å². The largest absolute Gasteiger partial charge is 0.444 e. The van der Waals surface area contributed by atoms with Crippen LogP contribution in [0.1, 0.15) is 67.7 Å². The third kappa shape index (κ3) is 7.18. The lowest BCUT2D eigenvalue weighted by Gasteiger charge is -2.32. The van der Waals surface area contributed by atoms with Crippen LogP contribution in [0.2, 0.25) is 0 Å². The van der Waals surface area contributed by atoms with Crippen LogP contribution in [0.3, 0.4) is 0 Å². The van der Waals surface area contributed by atoms with Crippen LogP contribution in [0.25, 0.3) is 0 Å². The summed E-state index contributed by atoms with van der Waals surface area (Å²) in [7, 11) is 0. The van der Waals surface area contributed by atoms with E-state index < -0.39 is 41.6 Å². The molecule has 0 aliphatic carbocycles. The average Bonchev–Trinajstić information content (AvgIpc) is 3.10. The lowest BCUT2D eigenvalue weighted by Crippen LogP contribution is -2.58. The average molecular weight is 427 g/mol. The van der Waals surface area contributed by atoms with E-state index in [-0.39, 0.29) is 17.7 Å². The number of nitrogens with two attached hydrogens (primary N) is 1. The fourth-order valence-electron chi connectivity index (χ4n) is 3.41. The molecule has 172 valence electrons. The minimum Gasteiger partial charge on any atom is -0.444 e. The topological polar surface area (TPSA) is 131 Å². The number of amides is 4. The van der Waals surface area contributed by atoms with E-state index in [0.717, 1.165) is 0 Å². The van der Waals surface area contributed by atoms with Crippen LogP contribution >= 0.6 is 0 Å². The van der Waals surface area contributed by atoms with Crippen LogP contribution in [-0.2, 0) is 19.1 Å². The lowest BCUT2D eigenvalue weighted by atomic mass is 9.98. The third-order valence-electron chi connectivity index (χ3n) is 5.26. The zero-order valence-corrected chi connectivity index (χ0v) is 19.3. The van der Waals surface area contributed by atoms with Gasteiger partial charge < -0.3 is 26.0 Å². The highest BCUT2D eigenvalue weighted by molar-refractivity contribution is 5.94. The maximum Gasteiger partial charge on any atom is 0.408 e. The summed E-state index contributed by atoms with van der Waals surface area (Å²) in [4.78, 5) is 51.5. The molecule has 4 atom stereocenters. The van der Waals surface area contributed by atoms with E-state index in [1.54, 1.807) is 20.8 Å². The first-order valence-corrected chi connectivity index (χ1v) is 10.7. The number of alkyl carbamates (subject to hydrolysis) is 1. The summed E-state index contributed by atoms with van der Waals surface area (Å²) in [5, 5.41) is 5.35. The van der Waals surface area contributed by atoms with Gasteiger partial charge in [0.05, 0.1) is 0 Å². The van der Waals surface area contributed by atoms with Crippen LogP contribution in [-0.4, -0.2) is 59.0 Å². The van der Waals surface area contributed by atoms with Crippen molar-refractivity contribution in [2.24, 2.45) is 17.6 Å². The number of carbonyl (C=O) groups is 4. The van der Waals surface area contributed by atoms with E-state index in [4.69, 9.17) is 10.5 Å². The Labute approximate surface area is 179 Å². The van der Waals surface area contributed by atoms with Crippen molar-refractivity contribution in [1.29, 1.82) is 0 Å². The minimum absolute atomic E-state index is 0.116. The summed E-state index contributed by atoms with van der Waals surface area (Å²) < 4.78 is 5.27. The molecule has 1 aliphatic heterocycles. The van der Waals surface area contributed by atoms with Gasteiger partial charge in [-0.15, -0.1) is 0 Å². The second-order valence-electron chi connectivity index (χ2n) is 9.33. The summed E-state index contributed by atoms with van der Waals surface area (Å²) in [6.45, 7) is 13.0. The maximum atomic E-state index is 13.2. The SMILES string of the molecule is CC[C@H](C)[C@H](NC(=O)[C@H]1CCCN1C(=O)[C@H](NC(=O)OC(C)(C)C)C(C)C)C(N)=O. The number of nitrogens with zero attached hydrogens (tertiary/aromatic N) is 1. The van der Waals surface area contributed by atoms with Gasteiger partial charge in [-0.3, -0.25) is 14.4 Å². The van der Waals surface area contributed by atoms with E-state index in [9.17, 15) is 19.2 Å². The molecule has 0 aromatic heterocycles. The van der Waals surface area contributed by atoms with Crippen molar-refractivity contribution in [3.05, 3.63) is 0 Å². The van der Waals surface area contributed by atoms with E-state index >= 15 is 0 Å². The standard InChI is InChI=1S/C21H38N4O5/c1-8-13(4)16(17(22)26)23-18(27)14-10-9-11-25(14)19(28)15(12(2)3)24-20(29)30-21(5,6)7/h12-16H,8-11H2,1-7H3,(H2,22,26)(H,23,27)(H,24,29)/t13-,14+,15+,16-/m0/s1. The number of hydrogen-bond donors (Lipinski definition) is 3. The molecule has 1 heterocycles. The Kier molecular flexibility index (Phi) is 9.11. The number of nitrogens with one attached hydrogen (secondary N) is 2. The smallest absolute Gasteiger partial charge is 0.408 e. The first kappa shape index (κ1) is 25.7. The van der Waals surface area contributed by atoms with Gasteiger partial charge in [0.1, 0.15) is 23.7 Å². The van der Waals surface area contributed by atoms with Gasteiger partial charge in [-0.25, -0.2) is 4.79 Å². The number of rotatable bonds is 8. The fraction of sp³-hybridized carbons (Fsp3) is 0.810. The van der Waals surface area contributed by atoms with E-state index in [1.807, 2.05) is 27.7 Å². The Balaban J connectivity index is 2.93. The van der Waals surface area contributed by atoms with Crippen LogP contribution in [0, 0.1) is 11.8 Å². The normalized spacial score (nSPS) is 19.7. The van der Waals surface area contributed by atoms with Crippen molar-refractivity contribution >= 4 is 23.8 Å². The van der Waals surface area contributed by atoms with Gasteiger partial charge in [0.25, 0.3) is 0 Å². The zero-order valence-electron chi connectivity index (χ0n) is 19.3. The summed E-state index contributed by atoms with van der Waals surface area (Å²) in [5.74, 6) is -1.65. The molecule has 1 aliphatic rings. The predicted octanol–water partition coefficient (Wildman–Crippen LogP) is 1.54. The molecule has 1 rings (SSSR count). The van der Waals surface area contributed by atoms with Gasteiger partial charge in [0.2, 0.25) is 17.7 Å². The highest BCUT2D eigenvalue weighted by Crippen LogP contribution is 2.21. The van der Waals surface area contributed by atoms with Crippen molar-refractivity contribution in [2.45, 2.75) is 91.5 Å². The second-order valence-corrected chi connectivity index (χ2v) is 9.33. The van der Waals surface area contributed by atoms with Crippen molar-refractivity contribution in [2.75, 3.05) is 6.54 Å². The van der Waals surface area contributed by atoms with Gasteiger partial charge in [-0.1, -0.05) is 34.1 Å². The van der Waals surface area contributed by atoms with Gasteiger partial charge in [0.15, 0.2) is 0 Å². The molecular weight excluding hydrogens is 388 g/mol. The highest BCUT2D eigenvalue weighted by atomic mass is 16.6. The molecule has 4 N–H and O–H groups in total. The quantitative estimate of drug-likeness (QED) is 0.542. The molecule has 0 unspecified atom stereocenters. The summed E-state index contributed by atoms with van der Waals surface area (Å²) in [6.07, 6.45) is 1.14. The van der Waals surface area contributed by atoms with Crippen LogP contribution in [0.15, 0.2) is 0 Å². The van der Waals surface area contributed by atoms with Crippen molar-refractivity contribution in [3.63, 3.8) is 0 Å². The number of ether oxygens (including phenoxy) is 1. The third-order valence-corrected chi connectivity index (χ3v) is 5.26. The molecule has 0 saturated carbocycles. The molecule has 1 fully saturated rings. The van der Waals surface area contributed by atoms with Crippen LogP contribution in [0.5, 0.6) is 0 Å². The Morgan fingerprint density at radius 2 is 1.70 bits per heavy atom. The monoisotopic (exact) mass is 426 g/mol. The van der Waals surface area contributed by atoms with Crippen molar-refractivity contribution in [1.82, 2.24) is 15.5 Å². The molecule has 9 nitrogen and oxygen atoms in total. The van der Waals surface area contributed by atoms with Gasteiger partial charge in [-0.2, -0.15) is 0 Å². The Morgan fingerprint density at radius 3 is 2.17 bits per heavy atom.